The van der Waals surface area contributed by atoms with E-state index < -0.39 is 5.97 Å². The molecule has 1 fully saturated rings. The Hall–Kier alpha value is -1.07. The van der Waals surface area contributed by atoms with Crippen LogP contribution in [0.15, 0.2) is 22.7 Å². The summed E-state index contributed by atoms with van der Waals surface area (Å²) in [5, 5.41) is 8.85. The average molecular weight is 384 g/mol. The van der Waals surface area contributed by atoms with Crippen molar-refractivity contribution in [2.24, 2.45) is 11.8 Å². The number of carbonyl (C=O) groups is 1. The molecule has 128 valence electrons. The van der Waals surface area contributed by atoms with E-state index in [1.165, 1.54) is 0 Å². The molecule has 0 unspecified atom stereocenters. The molecule has 1 aromatic rings. The molecule has 1 N–H and O–H groups in total. The van der Waals surface area contributed by atoms with Gasteiger partial charge in [0.15, 0.2) is 0 Å². The van der Waals surface area contributed by atoms with Crippen LogP contribution in [0.1, 0.15) is 31.7 Å². The van der Waals surface area contributed by atoms with Crippen LogP contribution in [0.2, 0.25) is 0 Å². The summed E-state index contributed by atoms with van der Waals surface area (Å²) < 4.78 is 7.01. The van der Waals surface area contributed by atoms with Gasteiger partial charge in [0.25, 0.3) is 0 Å². The van der Waals surface area contributed by atoms with Crippen molar-refractivity contribution in [3.05, 3.63) is 28.2 Å². The molecule has 0 radical (unpaired) electrons. The number of piperidine rings is 1. The molecule has 1 aromatic carbocycles. The van der Waals surface area contributed by atoms with Gasteiger partial charge in [-0.3, -0.25) is 9.69 Å². The number of hydrogen-bond acceptors (Lipinski definition) is 3. The lowest BCUT2D eigenvalue weighted by Gasteiger charge is -2.34. The summed E-state index contributed by atoms with van der Waals surface area (Å²) in [5.74, 6) is 1.50. The first-order valence-electron chi connectivity index (χ1n) is 8.29. The Balaban J connectivity index is 1.72. The summed E-state index contributed by atoms with van der Waals surface area (Å²) in [7, 11) is 0. The second-order valence-corrected chi connectivity index (χ2v) is 7.34. The molecule has 0 bridgehead atoms. The highest BCUT2D eigenvalue weighted by molar-refractivity contribution is 9.10. The normalized spacial score (nSPS) is 17.9. The van der Waals surface area contributed by atoms with Crippen molar-refractivity contribution >= 4 is 21.9 Å². The van der Waals surface area contributed by atoms with E-state index in [9.17, 15) is 4.79 Å². The number of hydrogen-bond donors (Lipinski definition) is 1. The third-order valence-electron chi connectivity index (χ3n) is 4.84. The fraction of sp³-hybridized carbons (Fsp3) is 0.611. The van der Waals surface area contributed by atoms with E-state index in [0.29, 0.717) is 11.8 Å². The second kappa shape index (κ2) is 8.69. The van der Waals surface area contributed by atoms with Gasteiger partial charge in [0.05, 0.1) is 13.2 Å². The standard InChI is InChI=1S/C18H26BrNO3/c1-13(15-6-9-20(10-7-15)12-18(21)22)8-11-23-17-5-3-4-16(19)14(17)2/h3-5,13,15H,6-12H2,1-2H3,(H,21,22)/t13-/m0/s1. The Labute approximate surface area is 147 Å². The maximum Gasteiger partial charge on any atom is 0.317 e. The second-order valence-electron chi connectivity index (χ2n) is 6.48. The molecule has 0 aromatic heterocycles. The summed E-state index contributed by atoms with van der Waals surface area (Å²) >= 11 is 3.53. The van der Waals surface area contributed by atoms with Gasteiger partial charge in [-0.05, 0) is 63.2 Å². The fourth-order valence-electron chi connectivity index (χ4n) is 3.21. The first kappa shape index (κ1) is 18.3. The van der Waals surface area contributed by atoms with Crippen molar-refractivity contribution in [3.63, 3.8) is 0 Å². The van der Waals surface area contributed by atoms with E-state index in [2.05, 4.69) is 29.8 Å². The summed E-state index contributed by atoms with van der Waals surface area (Å²) in [5.41, 5.74) is 1.14. The van der Waals surface area contributed by atoms with E-state index in [-0.39, 0.29) is 6.54 Å². The van der Waals surface area contributed by atoms with Crippen LogP contribution in [-0.4, -0.2) is 42.2 Å². The van der Waals surface area contributed by atoms with E-state index in [1.807, 2.05) is 23.1 Å². The van der Waals surface area contributed by atoms with E-state index in [4.69, 9.17) is 9.84 Å². The van der Waals surface area contributed by atoms with Gasteiger partial charge in [0.2, 0.25) is 0 Å². The molecular weight excluding hydrogens is 358 g/mol. The number of carboxylic acids is 1. The zero-order chi connectivity index (χ0) is 16.8. The molecule has 0 saturated carbocycles. The molecule has 5 heteroatoms. The van der Waals surface area contributed by atoms with Crippen LogP contribution < -0.4 is 4.74 Å². The van der Waals surface area contributed by atoms with E-state index in [0.717, 1.165) is 54.7 Å². The molecule has 1 saturated heterocycles. The fourth-order valence-corrected chi connectivity index (χ4v) is 3.55. The average Bonchev–Trinajstić information content (AvgIpc) is 2.51. The van der Waals surface area contributed by atoms with Crippen LogP contribution in [0.4, 0.5) is 0 Å². The van der Waals surface area contributed by atoms with Gasteiger partial charge >= 0.3 is 5.97 Å². The topological polar surface area (TPSA) is 49.8 Å². The number of benzene rings is 1. The van der Waals surface area contributed by atoms with Gasteiger partial charge in [0, 0.05) is 10.0 Å². The molecule has 0 amide bonds. The van der Waals surface area contributed by atoms with Gasteiger partial charge in [-0.25, -0.2) is 0 Å². The predicted molar refractivity (Wildman–Crippen MR) is 95.0 cm³/mol. The van der Waals surface area contributed by atoms with Crippen molar-refractivity contribution in [1.29, 1.82) is 0 Å². The number of carboxylic acid groups (broad SMARTS) is 1. The highest BCUT2D eigenvalue weighted by Crippen LogP contribution is 2.29. The van der Waals surface area contributed by atoms with Crippen molar-refractivity contribution in [3.8, 4) is 5.75 Å². The minimum Gasteiger partial charge on any atom is -0.493 e. The van der Waals surface area contributed by atoms with Gasteiger partial charge in [-0.15, -0.1) is 0 Å². The highest BCUT2D eigenvalue weighted by Gasteiger charge is 2.24. The van der Waals surface area contributed by atoms with Crippen LogP contribution in [0, 0.1) is 18.8 Å². The zero-order valence-electron chi connectivity index (χ0n) is 13.9. The Bertz CT molecular complexity index is 527. The first-order valence-corrected chi connectivity index (χ1v) is 9.08. The lowest BCUT2D eigenvalue weighted by molar-refractivity contribution is -0.138. The van der Waals surface area contributed by atoms with Crippen LogP contribution >= 0.6 is 15.9 Å². The number of ether oxygens (including phenoxy) is 1. The molecule has 0 spiro atoms. The minimum absolute atomic E-state index is 0.173. The molecule has 1 aliphatic rings. The van der Waals surface area contributed by atoms with Crippen LogP contribution in [0.25, 0.3) is 0 Å². The predicted octanol–water partition coefficient (Wildman–Crippen LogP) is 3.96. The molecular formula is C18H26BrNO3. The van der Waals surface area contributed by atoms with Crippen LogP contribution in [0.5, 0.6) is 5.75 Å². The van der Waals surface area contributed by atoms with Crippen molar-refractivity contribution in [2.45, 2.75) is 33.1 Å². The first-order chi connectivity index (χ1) is 11.0. The Morgan fingerprint density at radius 2 is 2.13 bits per heavy atom. The summed E-state index contributed by atoms with van der Waals surface area (Å²) in [6.45, 7) is 7.04. The summed E-state index contributed by atoms with van der Waals surface area (Å²) in [6, 6.07) is 6.03. The minimum atomic E-state index is -0.728. The van der Waals surface area contributed by atoms with Gasteiger partial charge in [-0.2, -0.15) is 0 Å². The lowest BCUT2D eigenvalue weighted by atomic mass is 9.84. The maximum absolute atomic E-state index is 10.7. The van der Waals surface area contributed by atoms with Gasteiger partial charge in [-0.1, -0.05) is 28.9 Å². The van der Waals surface area contributed by atoms with Crippen LogP contribution in [0.3, 0.4) is 0 Å². The highest BCUT2D eigenvalue weighted by atomic mass is 79.9. The number of aliphatic carboxylic acids is 1. The van der Waals surface area contributed by atoms with Crippen LogP contribution in [-0.2, 0) is 4.79 Å². The van der Waals surface area contributed by atoms with Gasteiger partial charge in [0.1, 0.15) is 5.75 Å². The van der Waals surface area contributed by atoms with Gasteiger partial charge < -0.3 is 9.84 Å². The molecule has 1 aliphatic heterocycles. The number of nitrogens with zero attached hydrogens (tertiary/aromatic N) is 1. The molecule has 0 aliphatic carbocycles. The third-order valence-corrected chi connectivity index (χ3v) is 5.70. The SMILES string of the molecule is Cc1c(Br)cccc1OCC[C@H](C)C1CCN(CC(=O)O)CC1. The Kier molecular flexibility index (Phi) is 6.90. The maximum atomic E-state index is 10.7. The largest absolute Gasteiger partial charge is 0.493 e. The zero-order valence-corrected chi connectivity index (χ0v) is 15.5. The summed E-state index contributed by atoms with van der Waals surface area (Å²) in [6.07, 6.45) is 3.21. The molecule has 23 heavy (non-hydrogen) atoms. The molecule has 4 nitrogen and oxygen atoms in total. The number of halogens is 1. The van der Waals surface area contributed by atoms with E-state index >= 15 is 0 Å². The molecule has 1 atom stereocenters. The number of rotatable bonds is 7. The third kappa shape index (κ3) is 5.50. The molecule has 1 heterocycles. The smallest absolute Gasteiger partial charge is 0.317 e. The summed E-state index contributed by atoms with van der Waals surface area (Å²) in [4.78, 5) is 12.8. The monoisotopic (exact) mass is 383 g/mol. The van der Waals surface area contributed by atoms with E-state index in [1.54, 1.807) is 0 Å². The van der Waals surface area contributed by atoms with Crippen molar-refractivity contribution in [2.75, 3.05) is 26.2 Å². The lowest BCUT2D eigenvalue weighted by Crippen LogP contribution is -2.38. The Morgan fingerprint density at radius 3 is 2.78 bits per heavy atom. The molecule has 2 rings (SSSR count). The quantitative estimate of drug-likeness (QED) is 0.773. The number of likely N-dealkylation sites (tertiary alicyclic amines) is 1. The van der Waals surface area contributed by atoms with Crippen molar-refractivity contribution in [1.82, 2.24) is 4.90 Å². The Morgan fingerprint density at radius 1 is 1.43 bits per heavy atom. The van der Waals surface area contributed by atoms with Crippen molar-refractivity contribution < 1.29 is 14.6 Å².